The summed E-state index contributed by atoms with van der Waals surface area (Å²) in [5, 5.41) is 5.34. The Balaban J connectivity index is 1.70. The molecule has 3 N–H and O–H groups in total. The van der Waals surface area contributed by atoms with Crippen LogP contribution in [0.5, 0.6) is 0 Å². The van der Waals surface area contributed by atoms with Crippen LogP contribution in [-0.4, -0.2) is 21.8 Å². The minimum Gasteiger partial charge on any atom is -0.345 e. The summed E-state index contributed by atoms with van der Waals surface area (Å²) >= 11 is 5.93. The van der Waals surface area contributed by atoms with Crippen LogP contribution in [-0.2, 0) is 9.59 Å². The highest BCUT2D eigenvalue weighted by molar-refractivity contribution is 6.44. The molecule has 0 aliphatic heterocycles. The zero-order chi connectivity index (χ0) is 15.5. The highest BCUT2D eigenvalue weighted by Crippen LogP contribution is 2.20. The predicted molar refractivity (Wildman–Crippen MR) is 84.8 cm³/mol. The molecule has 110 valence electrons. The maximum absolute atomic E-state index is 11.9. The van der Waals surface area contributed by atoms with E-state index in [1.165, 1.54) is 0 Å². The second-order valence-corrected chi connectivity index (χ2v) is 4.93. The van der Waals surface area contributed by atoms with Crippen molar-refractivity contribution >= 4 is 45.8 Å². The lowest BCUT2D eigenvalue weighted by Crippen LogP contribution is -2.29. The molecule has 0 saturated heterocycles. The number of halogens is 1. The molecule has 0 aliphatic rings. The number of aromatic nitrogens is 2. The van der Waals surface area contributed by atoms with Crippen molar-refractivity contribution in [1.29, 1.82) is 0 Å². The third-order valence-corrected chi connectivity index (χ3v) is 3.34. The summed E-state index contributed by atoms with van der Waals surface area (Å²) in [6.45, 7) is 0. The van der Waals surface area contributed by atoms with Crippen molar-refractivity contribution in [2.45, 2.75) is 0 Å². The molecule has 3 rings (SSSR count). The number of aromatic amines is 1. The number of imidazole rings is 1. The molecule has 0 bridgehead atoms. The second-order valence-electron chi connectivity index (χ2n) is 4.52. The minimum atomic E-state index is -0.794. The lowest BCUT2D eigenvalue weighted by molar-refractivity contribution is -0.132. The lowest BCUT2D eigenvalue weighted by atomic mass is 10.2. The average molecular weight is 315 g/mol. The number of hydrogen-bond donors (Lipinski definition) is 3. The number of nitrogens with zero attached hydrogens (tertiary/aromatic N) is 1. The Hall–Kier alpha value is -2.86. The third-order valence-electron chi connectivity index (χ3n) is 3.01. The number of nitrogens with one attached hydrogen (secondary N) is 3. The van der Waals surface area contributed by atoms with Crippen molar-refractivity contribution in [3.05, 3.63) is 53.8 Å². The van der Waals surface area contributed by atoms with Crippen LogP contribution >= 0.6 is 11.6 Å². The summed E-state index contributed by atoms with van der Waals surface area (Å²) in [4.78, 5) is 30.8. The van der Waals surface area contributed by atoms with Crippen molar-refractivity contribution in [3.63, 3.8) is 0 Å². The number of anilines is 2. The first-order valence-corrected chi connectivity index (χ1v) is 6.81. The first-order chi connectivity index (χ1) is 10.6. The van der Waals surface area contributed by atoms with Crippen LogP contribution < -0.4 is 10.6 Å². The summed E-state index contributed by atoms with van der Waals surface area (Å²) in [6, 6.07) is 11.8. The van der Waals surface area contributed by atoms with E-state index in [0.29, 0.717) is 16.4 Å². The van der Waals surface area contributed by atoms with Crippen LogP contribution in [0.25, 0.3) is 11.0 Å². The van der Waals surface area contributed by atoms with Gasteiger partial charge in [-0.1, -0.05) is 23.7 Å². The van der Waals surface area contributed by atoms with Crippen LogP contribution in [0.4, 0.5) is 11.4 Å². The van der Waals surface area contributed by atoms with E-state index < -0.39 is 11.8 Å². The van der Waals surface area contributed by atoms with Crippen molar-refractivity contribution in [3.8, 4) is 0 Å². The maximum Gasteiger partial charge on any atom is 0.314 e. The molecule has 2 amide bonds. The van der Waals surface area contributed by atoms with Crippen LogP contribution in [0, 0.1) is 0 Å². The van der Waals surface area contributed by atoms with Gasteiger partial charge in [-0.3, -0.25) is 9.59 Å². The van der Waals surface area contributed by atoms with E-state index in [1.807, 2.05) is 0 Å². The normalized spacial score (nSPS) is 10.4. The lowest BCUT2D eigenvalue weighted by Gasteiger charge is -2.07. The fourth-order valence-corrected chi connectivity index (χ4v) is 2.13. The molecule has 3 aromatic rings. The molecule has 0 unspecified atom stereocenters. The van der Waals surface area contributed by atoms with Crippen molar-refractivity contribution in [1.82, 2.24) is 9.97 Å². The first kappa shape index (κ1) is 14.1. The van der Waals surface area contributed by atoms with Gasteiger partial charge in [0.25, 0.3) is 0 Å². The molecule has 0 spiro atoms. The number of rotatable bonds is 2. The zero-order valence-electron chi connectivity index (χ0n) is 11.3. The van der Waals surface area contributed by atoms with E-state index in [4.69, 9.17) is 11.6 Å². The predicted octanol–water partition coefficient (Wildman–Crippen LogP) is 2.79. The molecule has 2 aromatic carbocycles. The molecule has 0 aliphatic carbocycles. The van der Waals surface area contributed by atoms with E-state index in [2.05, 4.69) is 20.6 Å². The van der Waals surface area contributed by atoms with Gasteiger partial charge in [-0.2, -0.15) is 0 Å². The number of H-pyrrole nitrogens is 1. The fraction of sp³-hybridized carbons (Fsp3) is 0. The Kier molecular flexibility index (Phi) is 3.76. The number of hydrogen-bond acceptors (Lipinski definition) is 3. The number of benzene rings is 2. The van der Waals surface area contributed by atoms with Crippen LogP contribution in [0.1, 0.15) is 0 Å². The molecule has 0 atom stereocenters. The zero-order valence-corrected chi connectivity index (χ0v) is 12.0. The Labute approximate surface area is 130 Å². The van der Waals surface area contributed by atoms with Crippen molar-refractivity contribution in [2.75, 3.05) is 10.6 Å². The topological polar surface area (TPSA) is 86.9 Å². The first-order valence-electron chi connectivity index (χ1n) is 6.43. The second kappa shape index (κ2) is 5.87. The minimum absolute atomic E-state index is 0.363. The van der Waals surface area contributed by atoms with Crippen LogP contribution in [0.15, 0.2) is 48.8 Å². The van der Waals surface area contributed by atoms with E-state index in [1.54, 1.807) is 48.8 Å². The number of amides is 2. The van der Waals surface area contributed by atoms with Gasteiger partial charge in [-0.25, -0.2) is 4.98 Å². The maximum atomic E-state index is 11.9. The standard InChI is InChI=1S/C15H11ClN4O2/c16-10-3-1-2-4-11(10)20-15(22)14(21)19-9-5-6-12-13(7-9)18-8-17-12/h1-8H,(H,17,18)(H,19,21)(H,20,22). The van der Waals surface area contributed by atoms with Crippen molar-refractivity contribution < 1.29 is 9.59 Å². The summed E-state index contributed by atoms with van der Waals surface area (Å²) in [6.07, 6.45) is 1.56. The summed E-state index contributed by atoms with van der Waals surface area (Å²) < 4.78 is 0. The third kappa shape index (κ3) is 2.91. The Morgan fingerprint density at radius 2 is 1.82 bits per heavy atom. The van der Waals surface area contributed by atoms with E-state index >= 15 is 0 Å². The molecule has 1 heterocycles. The van der Waals surface area contributed by atoms with Gasteiger partial charge in [-0.15, -0.1) is 0 Å². The number of para-hydroxylation sites is 1. The SMILES string of the molecule is O=C(Nc1ccc2nc[nH]c2c1)C(=O)Nc1ccccc1Cl. The Morgan fingerprint density at radius 3 is 2.64 bits per heavy atom. The summed E-state index contributed by atoms with van der Waals surface area (Å²) in [5.41, 5.74) is 2.42. The molecular formula is C15H11ClN4O2. The number of carbonyl (C=O) groups excluding carboxylic acids is 2. The van der Waals surface area contributed by atoms with Gasteiger partial charge in [0.15, 0.2) is 0 Å². The highest BCUT2D eigenvalue weighted by Gasteiger charge is 2.15. The van der Waals surface area contributed by atoms with Gasteiger partial charge in [-0.05, 0) is 30.3 Å². The van der Waals surface area contributed by atoms with Gasteiger partial charge in [0.1, 0.15) is 0 Å². The summed E-state index contributed by atoms with van der Waals surface area (Å²) in [7, 11) is 0. The molecule has 1 aromatic heterocycles. The fourth-order valence-electron chi connectivity index (χ4n) is 1.94. The van der Waals surface area contributed by atoms with Gasteiger partial charge in [0, 0.05) is 5.69 Å². The molecular weight excluding hydrogens is 304 g/mol. The molecule has 7 heteroatoms. The molecule has 22 heavy (non-hydrogen) atoms. The van der Waals surface area contributed by atoms with Gasteiger partial charge >= 0.3 is 11.8 Å². The quantitative estimate of drug-likeness (QED) is 0.636. The van der Waals surface area contributed by atoms with Crippen LogP contribution in [0.3, 0.4) is 0 Å². The average Bonchev–Trinajstić information content (AvgIpc) is 2.97. The van der Waals surface area contributed by atoms with Gasteiger partial charge in [0.2, 0.25) is 0 Å². The molecule has 0 saturated carbocycles. The Bertz CT molecular complexity index is 859. The van der Waals surface area contributed by atoms with E-state index in [0.717, 1.165) is 11.0 Å². The van der Waals surface area contributed by atoms with Gasteiger partial charge < -0.3 is 15.6 Å². The Morgan fingerprint density at radius 1 is 1.05 bits per heavy atom. The largest absolute Gasteiger partial charge is 0.345 e. The monoisotopic (exact) mass is 314 g/mol. The van der Waals surface area contributed by atoms with E-state index in [-0.39, 0.29) is 0 Å². The highest BCUT2D eigenvalue weighted by atomic mass is 35.5. The molecule has 0 radical (unpaired) electrons. The smallest absolute Gasteiger partial charge is 0.314 e. The summed E-state index contributed by atoms with van der Waals surface area (Å²) in [5.74, 6) is -1.57. The van der Waals surface area contributed by atoms with Gasteiger partial charge in [0.05, 0.1) is 28.1 Å². The molecule has 0 fully saturated rings. The molecule has 6 nitrogen and oxygen atoms in total. The van der Waals surface area contributed by atoms with E-state index in [9.17, 15) is 9.59 Å². The van der Waals surface area contributed by atoms with Crippen molar-refractivity contribution in [2.24, 2.45) is 0 Å². The van der Waals surface area contributed by atoms with Crippen LogP contribution in [0.2, 0.25) is 5.02 Å². The number of fused-ring (bicyclic) bond motifs is 1. The number of carbonyl (C=O) groups is 2.